The average molecular weight is 435 g/mol. The van der Waals surface area contributed by atoms with Crippen LogP contribution in [0.4, 0.5) is 0 Å². The van der Waals surface area contributed by atoms with Gasteiger partial charge in [0.05, 0.1) is 23.4 Å². The van der Waals surface area contributed by atoms with Gasteiger partial charge in [-0.3, -0.25) is 0 Å². The predicted octanol–water partition coefficient (Wildman–Crippen LogP) is 2.80. The molecule has 3 rings (SSSR count). The molecule has 29 heavy (non-hydrogen) atoms. The number of hydrogen-bond acceptors (Lipinski definition) is 6. The Balaban J connectivity index is 1.73. The van der Waals surface area contributed by atoms with Crippen LogP contribution >= 0.6 is 11.6 Å². The number of methoxy groups -OCH3 is 1. The van der Waals surface area contributed by atoms with E-state index in [4.69, 9.17) is 11.6 Å². The summed E-state index contributed by atoms with van der Waals surface area (Å²) in [5.41, 5.74) is 2.67. The van der Waals surface area contributed by atoms with Crippen molar-refractivity contribution in [2.75, 3.05) is 7.11 Å². The van der Waals surface area contributed by atoms with Crippen LogP contribution < -0.4 is 4.72 Å². The molecule has 152 valence electrons. The number of carbonyl (C=O) groups excluding carboxylic acids is 1. The Kier molecular flexibility index (Phi) is 6.02. The Bertz CT molecular complexity index is 1160. The molecular weight excluding hydrogens is 416 g/mol. The van der Waals surface area contributed by atoms with Crippen LogP contribution in [0, 0.1) is 13.8 Å². The number of carbonyl (C=O) groups is 1. The second-order valence-corrected chi connectivity index (χ2v) is 8.47. The van der Waals surface area contributed by atoms with Gasteiger partial charge in [0.1, 0.15) is 4.90 Å². The summed E-state index contributed by atoms with van der Waals surface area (Å²) < 4.78 is 33.9. The molecule has 0 amide bonds. The van der Waals surface area contributed by atoms with Crippen LogP contribution in [-0.2, 0) is 21.3 Å². The maximum Gasteiger partial charge on any atom is 0.337 e. The van der Waals surface area contributed by atoms with Gasteiger partial charge < -0.3 is 4.74 Å². The number of pyridine rings is 1. The van der Waals surface area contributed by atoms with Gasteiger partial charge in [-0.1, -0.05) is 17.7 Å². The fourth-order valence-corrected chi connectivity index (χ4v) is 4.29. The van der Waals surface area contributed by atoms with Crippen molar-refractivity contribution in [2.45, 2.75) is 25.3 Å². The number of sulfonamides is 1. The number of aromatic nitrogens is 3. The van der Waals surface area contributed by atoms with Crippen LogP contribution in [0.5, 0.6) is 0 Å². The molecule has 0 fully saturated rings. The van der Waals surface area contributed by atoms with E-state index in [9.17, 15) is 13.2 Å². The zero-order valence-electron chi connectivity index (χ0n) is 16.0. The lowest BCUT2D eigenvalue weighted by atomic mass is 10.2. The summed E-state index contributed by atoms with van der Waals surface area (Å²) in [6.07, 6.45) is 1.58. The molecular formula is C19H19ClN4O4S. The quantitative estimate of drug-likeness (QED) is 0.598. The lowest BCUT2D eigenvalue weighted by molar-refractivity contribution is 0.0600. The molecule has 0 spiro atoms. The highest BCUT2D eigenvalue weighted by Crippen LogP contribution is 2.23. The van der Waals surface area contributed by atoms with E-state index >= 15 is 0 Å². The third-order valence-corrected chi connectivity index (χ3v) is 6.03. The normalized spacial score (nSPS) is 11.4. The van der Waals surface area contributed by atoms with Crippen molar-refractivity contribution in [3.8, 4) is 5.82 Å². The van der Waals surface area contributed by atoms with Gasteiger partial charge in [-0.2, -0.15) is 5.10 Å². The van der Waals surface area contributed by atoms with Crippen molar-refractivity contribution in [1.82, 2.24) is 19.5 Å². The Morgan fingerprint density at radius 3 is 2.52 bits per heavy atom. The monoisotopic (exact) mass is 434 g/mol. The van der Waals surface area contributed by atoms with E-state index in [0.29, 0.717) is 11.4 Å². The number of esters is 1. The number of halogens is 1. The minimum atomic E-state index is -3.88. The number of ether oxygens (including phenoxy) is 1. The summed E-state index contributed by atoms with van der Waals surface area (Å²) in [4.78, 5) is 15.7. The first-order valence-electron chi connectivity index (χ1n) is 8.57. The van der Waals surface area contributed by atoms with E-state index in [1.54, 1.807) is 23.0 Å². The van der Waals surface area contributed by atoms with Crippen molar-refractivity contribution in [1.29, 1.82) is 0 Å². The molecule has 0 radical (unpaired) electrons. The lowest BCUT2D eigenvalue weighted by Gasteiger charge is -2.10. The second-order valence-electron chi connectivity index (χ2n) is 6.32. The number of aryl methyl sites for hydroxylation is 2. The number of hydrogen-bond donors (Lipinski definition) is 1. The zero-order valence-corrected chi connectivity index (χ0v) is 17.6. The predicted molar refractivity (Wildman–Crippen MR) is 108 cm³/mol. The van der Waals surface area contributed by atoms with Crippen LogP contribution in [-0.4, -0.2) is 36.3 Å². The van der Waals surface area contributed by atoms with E-state index < -0.39 is 16.0 Å². The largest absolute Gasteiger partial charge is 0.465 e. The molecule has 8 nitrogen and oxygen atoms in total. The van der Waals surface area contributed by atoms with Crippen LogP contribution in [0.1, 0.15) is 27.3 Å². The zero-order chi connectivity index (χ0) is 21.2. The van der Waals surface area contributed by atoms with Crippen molar-refractivity contribution in [3.05, 3.63) is 70.1 Å². The molecule has 0 saturated carbocycles. The summed E-state index contributed by atoms with van der Waals surface area (Å²) in [6, 6.07) is 9.34. The van der Waals surface area contributed by atoms with Gasteiger partial charge in [-0.05, 0) is 49.7 Å². The maximum atomic E-state index is 12.6. The molecule has 0 aliphatic rings. The number of rotatable bonds is 6. The fourth-order valence-electron chi connectivity index (χ4n) is 2.73. The first-order chi connectivity index (χ1) is 13.7. The number of nitrogens with zero attached hydrogens (tertiary/aromatic N) is 3. The molecule has 2 heterocycles. The molecule has 0 aliphatic heterocycles. The van der Waals surface area contributed by atoms with Crippen molar-refractivity contribution >= 4 is 27.6 Å². The van der Waals surface area contributed by atoms with E-state index in [2.05, 4.69) is 19.5 Å². The van der Waals surface area contributed by atoms with E-state index in [1.165, 1.54) is 25.3 Å². The van der Waals surface area contributed by atoms with E-state index in [-0.39, 0.29) is 22.0 Å². The highest BCUT2D eigenvalue weighted by molar-refractivity contribution is 7.89. The van der Waals surface area contributed by atoms with Crippen LogP contribution in [0.15, 0.2) is 47.5 Å². The third kappa shape index (κ3) is 4.64. The average Bonchev–Trinajstić information content (AvgIpc) is 3.04. The summed E-state index contributed by atoms with van der Waals surface area (Å²) >= 11 is 6.05. The minimum absolute atomic E-state index is 0.0296. The summed E-state index contributed by atoms with van der Waals surface area (Å²) in [5.74, 6) is 0.0428. The lowest BCUT2D eigenvalue weighted by Crippen LogP contribution is -2.23. The van der Waals surface area contributed by atoms with Crippen molar-refractivity contribution in [3.63, 3.8) is 0 Å². The molecule has 0 saturated heterocycles. The van der Waals surface area contributed by atoms with Crippen LogP contribution in [0.25, 0.3) is 5.82 Å². The second kappa shape index (κ2) is 8.32. The molecule has 0 unspecified atom stereocenters. The van der Waals surface area contributed by atoms with Crippen LogP contribution in [0.3, 0.4) is 0 Å². The van der Waals surface area contributed by atoms with Gasteiger partial charge in [0.15, 0.2) is 5.82 Å². The van der Waals surface area contributed by atoms with Gasteiger partial charge in [0, 0.05) is 18.4 Å². The summed E-state index contributed by atoms with van der Waals surface area (Å²) in [5, 5.41) is 4.29. The smallest absolute Gasteiger partial charge is 0.337 e. The van der Waals surface area contributed by atoms with Crippen LogP contribution in [0.2, 0.25) is 5.02 Å². The Morgan fingerprint density at radius 2 is 1.97 bits per heavy atom. The van der Waals surface area contributed by atoms with Gasteiger partial charge in [-0.15, -0.1) is 0 Å². The first-order valence-corrected chi connectivity index (χ1v) is 10.4. The van der Waals surface area contributed by atoms with Gasteiger partial charge in [0.2, 0.25) is 10.0 Å². The molecule has 1 N–H and O–H groups in total. The molecule has 2 aromatic heterocycles. The summed E-state index contributed by atoms with van der Waals surface area (Å²) in [7, 11) is -2.65. The Morgan fingerprint density at radius 1 is 1.21 bits per heavy atom. The molecule has 1 aromatic carbocycles. The third-order valence-electron chi connectivity index (χ3n) is 4.14. The Hall–Kier alpha value is -2.75. The maximum absolute atomic E-state index is 12.6. The minimum Gasteiger partial charge on any atom is -0.465 e. The first kappa shape index (κ1) is 21.0. The molecule has 0 bridgehead atoms. The van der Waals surface area contributed by atoms with E-state index in [1.807, 2.05) is 19.9 Å². The van der Waals surface area contributed by atoms with Gasteiger partial charge in [0.25, 0.3) is 0 Å². The van der Waals surface area contributed by atoms with Gasteiger partial charge in [-0.25, -0.2) is 27.6 Å². The molecule has 0 atom stereocenters. The Labute approximate surface area is 173 Å². The number of benzene rings is 1. The van der Waals surface area contributed by atoms with Crippen molar-refractivity contribution < 1.29 is 17.9 Å². The fraction of sp³-hybridized carbons (Fsp3) is 0.211. The molecule has 10 heteroatoms. The van der Waals surface area contributed by atoms with E-state index in [0.717, 1.165) is 11.4 Å². The SMILES string of the molecule is COC(=O)c1ccc(S(=O)(=O)NCc2ccc(-n3nc(C)cc3C)nc2)c(Cl)c1. The highest BCUT2D eigenvalue weighted by Gasteiger charge is 2.19. The molecule has 0 aliphatic carbocycles. The topological polar surface area (TPSA) is 103 Å². The van der Waals surface area contributed by atoms with Gasteiger partial charge >= 0.3 is 5.97 Å². The van der Waals surface area contributed by atoms with Crippen molar-refractivity contribution in [2.24, 2.45) is 0 Å². The number of nitrogens with one attached hydrogen (secondary N) is 1. The standard InChI is InChI=1S/C19H19ClN4O4S/c1-12-8-13(2)24(23-12)18-7-4-14(10-21-18)11-22-29(26,27)17-6-5-15(9-16(17)20)19(25)28-3/h4-10,22H,11H2,1-3H3. The summed E-state index contributed by atoms with van der Waals surface area (Å²) in [6.45, 7) is 3.86. The highest BCUT2D eigenvalue weighted by atomic mass is 35.5. The molecule has 3 aromatic rings.